The lowest BCUT2D eigenvalue weighted by Gasteiger charge is -2.20. The Bertz CT molecular complexity index is 949. The molecule has 0 fully saturated rings. The van der Waals surface area contributed by atoms with E-state index in [4.69, 9.17) is 14.2 Å². The van der Waals surface area contributed by atoms with E-state index in [1.165, 1.54) is 6.92 Å². The molecule has 0 bridgehead atoms. The minimum Gasteiger partial charge on any atom is -0.465 e. The summed E-state index contributed by atoms with van der Waals surface area (Å²) in [5.74, 6) is -0.675. The SMILES string of the molecule is CCC(C)(C)C(=O)OCCCOC(=O)c1ccc(N=Nc2ccc(OC(C)=O)cc2)cc1. The molecule has 170 valence electrons. The molecule has 0 unspecified atom stereocenters. The second-order valence-corrected chi connectivity index (χ2v) is 7.70. The molecule has 0 heterocycles. The van der Waals surface area contributed by atoms with Crippen molar-refractivity contribution in [3.63, 3.8) is 0 Å². The molecule has 2 aromatic rings. The summed E-state index contributed by atoms with van der Waals surface area (Å²) in [6, 6.07) is 13.1. The van der Waals surface area contributed by atoms with Crippen LogP contribution in [0.15, 0.2) is 58.8 Å². The molecule has 0 spiro atoms. The molecule has 2 rings (SSSR count). The van der Waals surface area contributed by atoms with Crippen LogP contribution in [0.25, 0.3) is 0 Å². The molecule has 32 heavy (non-hydrogen) atoms. The number of carbonyl (C=O) groups excluding carboxylic acids is 3. The van der Waals surface area contributed by atoms with Gasteiger partial charge in [-0.05, 0) is 68.8 Å². The Balaban J connectivity index is 1.78. The third kappa shape index (κ3) is 7.94. The van der Waals surface area contributed by atoms with Crippen LogP contribution in [-0.4, -0.2) is 31.1 Å². The highest BCUT2D eigenvalue weighted by Crippen LogP contribution is 2.22. The Labute approximate surface area is 187 Å². The first kappa shape index (κ1) is 24.7. The van der Waals surface area contributed by atoms with Crippen LogP contribution in [0.4, 0.5) is 11.4 Å². The van der Waals surface area contributed by atoms with Crippen LogP contribution >= 0.6 is 0 Å². The largest absolute Gasteiger partial charge is 0.465 e. The summed E-state index contributed by atoms with van der Waals surface area (Å²) in [5.41, 5.74) is 1.03. The van der Waals surface area contributed by atoms with Crippen molar-refractivity contribution < 1.29 is 28.6 Å². The molecule has 8 heteroatoms. The van der Waals surface area contributed by atoms with E-state index >= 15 is 0 Å². The summed E-state index contributed by atoms with van der Waals surface area (Å²) in [5, 5.41) is 8.22. The van der Waals surface area contributed by atoms with E-state index in [-0.39, 0.29) is 19.2 Å². The van der Waals surface area contributed by atoms with Crippen molar-refractivity contribution in [2.75, 3.05) is 13.2 Å². The molecule has 8 nitrogen and oxygen atoms in total. The first-order valence-corrected chi connectivity index (χ1v) is 10.4. The second-order valence-electron chi connectivity index (χ2n) is 7.70. The van der Waals surface area contributed by atoms with Gasteiger partial charge in [0.15, 0.2) is 0 Å². The zero-order valence-corrected chi connectivity index (χ0v) is 18.8. The zero-order valence-electron chi connectivity index (χ0n) is 18.8. The molecule has 0 N–H and O–H groups in total. The van der Waals surface area contributed by atoms with Crippen molar-refractivity contribution in [1.29, 1.82) is 0 Å². The normalized spacial score (nSPS) is 11.2. The van der Waals surface area contributed by atoms with Gasteiger partial charge in [0.25, 0.3) is 0 Å². The first-order chi connectivity index (χ1) is 15.2. The molecule has 0 aromatic heterocycles. The maximum Gasteiger partial charge on any atom is 0.338 e. The van der Waals surface area contributed by atoms with E-state index in [0.29, 0.717) is 35.5 Å². The van der Waals surface area contributed by atoms with Crippen LogP contribution in [0, 0.1) is 5.41 Å². The summed E-state index contributed by atoms with van der Waals surface area (Å²) >= 11 is 0. The molecular weight excluding hydrogens is 412 g/mol. The molecule has 0 aliphatic rings. The van der Waals surface area contributed by atoms with Gasteiger partial charge < -0.3 is 14.2 Å². The van der Waals surface area contributed by atoms with Gasteiger partial charge in [0, 0.05) is 13.3 Å². The third-order valence-electron chi connectivity index (χ3n) is 4.67. The van der Waals surface area contributed by atoms with Gasteiger partial charge in [0.05, 0.1) is 35.6 Å². The van der Waals surface area contributed by atoms with Crippen molar-refractivity contribution in [3.8, 4) is 5.75 Å². The zero-order chi connectivity index (χ0) is 23.6. The van der Waals surface area contributed by atoms with Gasteiger partial charge in [-0.15, -0.1) is 0 Å². The Hall–Kier alpha value is -3.55. The molecule has 0 amide bonds. The Morgan fingerprint density at radius 2 is 1.38 bits per heavy atom. The molecule has 0 saturated heterocycles. The monoisotopic (exact) mass is 440 g/mol. The van der Waals surface area contributed by atoms with Gasteiger partial charge in [0.1, 0.15) is 5.75 Å². The Morgan fingerprint density at radius 1 is 0.844 bits per heavy atom. The Morgan fingerprint density at radius 3 is 1.91 bits per heavy atom. The number of hydrogen-bond donors (Lipinski definition) is 0. The predicted molar refractivity (Wildman–Crippen MR) is 118 cm³/mol. The van der Waals surface area contributed by atoms with Crippen molar-refractivity contribution in [2.45, 2.75) is 40.5 Å². The number of ether oxygens (including phenoxy) is 3. The number of rotatable bonds is 10. The number of azo groups is 1. The summed E-state index contributed by atoms with van der Waals surface area (Å²) in [4.78, 5) is 34.9. The lowest BCUT2D eigenvalue weighted by molar-refractivity contribution is -0.154. The van der Waals surface area contributed by atoms with Crippen molar-refractivity contribution in [3.05, 3.63) is 54.1 Å². The highest BCUT2D eigenvalue weighted by atomic mass is 16.5. The van der Waals surface area contributed by atoms with Gasteiger partial charge in [-0.1, -0.05) is 6.92 Å². The van der Waals surface area contributed by atoms with E-state index in [0.717, 1.165) is 0 Å². The van der Waals surface area contributed by atoms with Gasteiger partial charge in [-0.25, -0.2) is 4.79 Å². The van der Waals surface area contributed by atoms with Crippen molar-refractivity contribution in [1.82, 2.24) is 0 Å². The highest BCUT2D eigenvalue weighted by molar-refractivity contribution is 5.89. The van der Waals surface area contributed by atoms with Gasteiger partial charge in [0.2, 0.25) is 0 Å². The van der Waals surface area contributed by atoms with Crippen LogP contribution in [0.3, 0.4) is 0 Å². The van der Waals surface area contributed by atoms with Crippen molar-refractivity contribution >= 4 is 29.3 Å². The van der Waals surface area contributed by atoms with Gasteiger partial charge in [-0.2, -0.15) is 10.2 Å². The molecule has 0 atom stereocenters. The average Bonchev–Trinajstić information content (AvgIpc) is 2.78. The molecule has 0 saturated carbocycles. The predicted octanol–water partition coefficient (Wildman–Crippen LogP) is 5.55. The van der Waals surface area contributed by atoms with Crippen LogP contribution in [0.5, 0.6) is 5.75 Å². The van der Waals surface area contributed by atoms with Crippen LogP contribution < -0.4 is 4.74 Å². The number of nitrogens with zero attached hydrogens (tertiary/aromatic N) is 2. The molecule has 0 radical (unpaired) electrons. The van der Waals surface area contributed by atoms with E-state index in [2.05, 4.69) is 10.2 Å². The van der Waals surface area contributed by atoms with Crippen molar-refractivity contribution in [2.24, 2.45) is 15.6 Å². The molecule has 2 aromatic carbocycles. The molecule has 0 aliphatic heterocycles. The van der Waals surface area contributed by atoms with Gasteiger partial charge >= 0.3 is 17.9 Å². The summed E-state index contributed by atoms with van der Waals surface area (Å²) in [6.07, 6.45) is 1.12. The van der Waals surface area contributed by atoms with Crippen LogP contribution in [-0.2, 0) is 19.1 Å². The first-order valence-electron chi connectivity index (χ1n) is 10.4. The lowest BCUT2D eigenvalue weighted by Crippen LogP contribution is -2.26. The topological polar surface area (TPSA) is 104 Å². The fourth-order valence-electron chi connectivity index (χ4n) is 2.34. The smallest absolute Gasteiger partial charge is 0.338 e. The fraction of sp³-hybridized carbons (Fsp3) is 0.375. The van der Waals surface area contributed by atoms with E-state index in [1.54, 1.807) is 48.5 Å². The summed E-state index contributed by atoms with van der Waals surface area (Å²) in [6.45, 7) is 7.29. The average molecular weight is 440 g/mol. The summed E-state index contributed by atoms with van der Waals surface area (Å²) in [7, 11) is 0. The maximum atomic E-state index is 12.1. The van der Waals surface area contributed by atoms with E-state index in [9.17, 15) is 14.4 Å². The van der Waals surface area contributed by atoms with Crippen LogP contribution in [0.1, 0.15) is 50.9 Å². The van der Waals surface area contributed by atoms with Gasteiger partial charge in [-0.3, -0.25) is 9.59 Å². The standard InChI is InChI=1S/C24H28N2O6/c1-5-24(3,4)23(29)31-16-6-15-30-22(28)18-7-9-19(10-8-18)25-26-20-11-13-21(14-12-20)32-17(2)27/h7-14H,5-6,15-16H2,1-4H3. The second kappa shape index (κ2) is 11.7. The number of esters is 3. The lowest BCUT2D eigenvalue weighted by atomic mass is 9.91. The van der Waals surface area contributed by atoms with Crippen LogP contribution in [0.2, 0.25) is 0 Å². The minimum absolute atomic E-state index is 0.156. The minimum atomic E-state index is -0.511. The molecule has 0 aliphatic carbocycles. The maximum absolute atomic E-state index is 12.1. The number of benzene rings is 2. The quantitative estimate of drug-likeness (QED) is 0.207. The number of hydrogen-bond acceptors (Lipinski definition) is 8. The molecular formula is C24H28N2O6. The highest BCUT2D eigenvalue weighted by Gasteiger charge is 2.26. The summed E-state index contributed by atoms with van der Waals surface area (Å²) < 4.78 is 15.4. The number of carbonyl (C=O) groups is 3. The Kier molecular flexibility index (Phi) is 9.07. The van der Waals surface area contributed by atoms with E-state index in [1.807, 2.05) is 20.8 Å². The fourth-order valence-corrected chi connectivity index (χ4v) is 2.34. The van der Waals surface area contributed by atoms with E-state index < -0.39 is 17.4 Å². The third-order valence-corrected chi connectivity index (χ3v) is 4.67.